The van der Waals surface area contributed by atoms with E-state index in [1.807, 2.05) is 73.6 Å². The highest BCUT2D eigenvalue weighted by Gasteiger charge is 2.57. The number of carboxylic acid groups (broad SMARTS) is 1. The van der Waals surface area contributed by atoms with E-state index < -0.39 is 42.1 Å². The number of carbonyl (C=O) groups is 3. The number of para-hydroxylation sites is 1. The first-order valence-corrected chi connectivity index (χ1v) is 19.2. The van der Waals surface area contributed by atoms with Crippen LogP contribution < -0.4 is 20.3 Å². The fraction of sp³-hybridized carbons (Fsp3) is 0.512. The van der Waals surface area contributed by atoms with Gasteiger partial charge >= 0.3 is 5.97 Å². The number of aliphatic hydroxyl groups excluding tert-OH is 2. The number of nitrogens with one attached hydrogen (secondary N) is 2. The zero-order valence-electron chi connectivity index (χ0n) is 32.9. The first kappa shape index (κ1) is 40.2. The molecule has 1 saturated heterocycles. The standard InChI is InChI=1S/C43H56N4O8/c1-24-33-20-30(43(33,3)4)21-34(24)44-41(51)38-37(25(2)49)36(23-48)55-47(38)22-27-14-11-15-32(39(27)54-7)28-17-29(19-31(18-28)46(5)6)40(50)45-35(42(52)53)16-26-12-9-8-10-13-26/h8-15,17-19,24-25,30,33-38,48-49H,16,20-23H2,1-7H3,(H,44,51)(H,45,50)(H,52,53)/t24-,25-,30?,33-,34-,35-,36-,37+,38-/m0/s1. The SMILES string of the molecule is COc1c(CN2O[C@@H](CO)[C@@H]([C@H](C)O)[C@H]2C(=O)N[C@H]2CC3C[C@@H]([C@@H]2C)C3(C)C)cccc1-c1cc(C(=O)N[C@@H](Cc2ccccc2)C(=O)O)cc(N(C)C)c1. The normalized spacial score (nSPS) is 26.7. The van der Waals surface area contributed by atoms with Gasteiger partial charge in [0.25, 0.3) is 5.91 Å². The molecule has 4 aliphatic rings. The van der Waals surface area contributed by atoms with Crippen molar-refractivity contribution in [3.8, 4) is 16.9 Å². The molecule has 5 N–H and O–H groups in total. The van der Waals surface area contributed by atoms with Crippen LogP contribution >= 0.6 is 0 Å². The number of amides is 2. The van der Waals surface area contributed by atoms with E-state index in [4.69, 9.17) is 9.57 Å². The van der Waals surface area contributed by atoms with Gasteiger partial charge in [-0.25, -0.2) is 4.79 Å². The predicted octanol–water partition coefficient (Wildman–Crippen LogP) is 4.51. The molecular weight excluding hydrogens is 700 g/mol. The van der Waals surface area contributed by atoms with Gasteiger partial charge in [0.15, 0.2) is 0 Å². The van der Waals surface area contributed by atoms with E-state index in [1.165, 1.54) is 6.42 Å². The molecule has 12 heteroatoms. The number of benzene rings is 3. The smallest absolute Gasteiger partial charge is 0.326 e. The quantitative estimate of drug-likeness (QED) is 0.158. The summed E-state index contributed by atoms with van der Waals surface area (Å²) in [7, 11) is 5.26. The molecule has 12 nitrogen and oxygen atoms in total. The Balaban J connectivity index is 1.29. The van der Waals surface area contributed by atoms with Crippen molar-refractivity contribution in [2.24, 2.45) is 29.1 Å². The molecule has 2 amide bonds. The van der Waals surface area contributed by atoms with Crippen LogP contribution in [-0.4, -0.2) is 96.3 Å². The minimum absolute atomic E-state index is 0.00583. The van der Waals surface area contributed by atoms with Gasteiger partial charge in [-0.05, 0) is 72.3 Å². The molecule has 3 aromatic rings. The molecule has 1 heterocycles. The zero-order valence-corrected chi connectivity index (χ0v) is 32.9. The van der Waals surface area contributed by atoms with E-state index in [-0.39, 0.29) is 42.5 Å². The number of anilines is 1. The third-order valence-corrected chi connectivity index (χ3v) is 12.6. The molecule has 3 aromatic carbocycles. The van der Waals surface area contributed by atoms with E-state index in [9.17, 15) is 29.7 Å². The van der Waals surface area contributed by atoms with Crippen LogP contribution in [0.3, 0.4) is 0 Å². The molecule has 3 saturated carbocycles. The van der Waals surface area contributed by atoms with Crippen molar-refractivity contribution in [2.45, 2.75) is 83.8 Å². The number of rotatable bonds is 14. The van der Waals surface area contributed by atoms with Crippen molar-refractivity contribution < 1.29 is 39.3 Å². The number of nitrogens with zero attached hydrogens (tertiary/aromatic N) is 2. The molecule has 296 valence electrons. The minimum Gasteiger partial charge on any atom is -0.496 e. The maximum absolute atomic E-state index is 14.2. The zero-order chi connectivity index (χ0) is 39.8. The van der Waals surface area contributed by atoms with Gasteiger partial charge < -0.3 is 35.6 Å². The Hall–Kier alpha value is -4.49. The Kier molecular flexibility index (Phi) is 11.9. The number of hydroxylamine groups is 2. The number of hydrogen-bond donors (Lipinski definition) is 5. The minimum atomic E-state index is -1.14. The average Bonchev–Trinajstić information content (AvgIpc) is 3.53. The van der Waals surface area contributed by atoms with Crippen LogP contribution in [0.4, 0.5) is 5.69 Å². The maximum Gasteiger partial charge on any atom is 0.326 e. The summed E-state index contributed by atoms with van der Waals surface area (Å²) in [6, 6.07) is 18.1. The summed E-state index contributed by atoms with van der Waals surface area (Å²) >= 11 is 0. The van der Waals surface area contributed by atoms with E-state index >= 15 is 0 Å². The number of carboxylic acids is 1. The van der Waals surface area contributed by atoms with Gasteiger partial charge in [-0.1, -0.05) is 69.3 Å². The van der Waals surface area contributed by atoms with E-state index in [0.717, 1.165) is 12.0 Å². The van der Waals surface area contributed by atoms with Crippen molar-refractivity contribution in [3.05, 3.63) is 83.4 Å². The van der Waals surface area contributed by atoms with Gasteiger partial charge in [0.1, 0.15) is 23.9 Å². The fourth-order valence-electron chi connectivity index (χ4n) is 9.28. The Morgan fingerprint density at radius 1 is 1.05 bits per heavy atom. The van der Waals surface area contributed by atoms with Crippen LogP contribution in [0.1, 0.15) is 62.0 Å². The van der Waals surface area contributed by atoms with Crippen molar-refractivity contribution in [2.75, 3.05) is 32.7 Å². The highest BCUT2D eigenvalue weighted by Crippen LogP contribution is 2.61. The highest BCUT2D eigenvalue weighted by atomic mass is 16.7. The van der Waals surface area contributed by atoms with Gasteiger partial charge in [-0.15, -0.1) is 0 Å². The monoisotopic (exact) mass is 756 g/mol. The van der Waals surface area contributed by atoms with Crippen LogP contribution in [0, 0.1) is 29.1 Å². The van der Waals surface area contributed by atoms with Gasteiger partial charge in [-0.3, -0.25) is 14.4 Å². The second-order valence-corrected chi connectivity index (χ2v) is 16.4. The van der Waals surface area contributed by atoms with Crippen LogP contribution in [0.15, 0.2) is 66.7 Å². The molecule has 1 unspecified atom stereocenters. The Morgan fingerprint density at radius 2 is 1.78 bits per heavy atom. The third kappa shape index (κ3) is 8.09. The van der Waals surface area contributed by atoms with Gasteiger partial charge in [0.05, 0.1) is 26.4 Å². The van der Waals surface area contributed by atoms with Crippen LogP contribution in [-0.2, 0) is 27.4 Å². The Labute approximate surface area is 323 Å². The molecule has 0 aromatic heterocycles. The molecule has 3 aliphatic carbocycles. The lowest BCUT2D eigenvalue weighted by molar-refractivity contribution is -0.183. The van der Waals surface area contributed by atoms with Crippen molar-refractivity contribution in [3.63, 3.8) is 0 Å². The van der Waals surface area contributed by atoms with Crippen molar-refractivity contribution >= 4 is 23.5 Å². The fourth-order valence-corrected chi connectivity index (χ4v) is 9.28. The summed E-state index contributed by atoms with van der Waals surface area (Å²) in [4.78, 5) is 48.3. The highest BCUT2D eigenvalue weighted by molar-refractivity contribution is 5.99. The van der Waals surface area contributed by atoms with Crippen LogP contribution in [0.5, 0.6) is 5.75 Å². The van der Waals surface area contributed by atoms with Gasteiger partial charge in [0, 0.05) is 54.9 Å². The average molecular weight is 757 g/mol. The molecule has 0 spiro atoms. The lowest BCUT2D eigenvalue weighted by Gasteiger charge is -2.62. The van der Waals surface area contributed by atoms with E-state index in [0.29, 0.717) is 45.9 Å². The lowest BCUT2D eigenvalue weighted by Crippen LogP contribution is -2.62. The maximum atomic E-state index is 14.2. The number of aliphatic carboxylic acids is 1. The van der Waals surface area contributed by atoms with E-state index in [1.54, 1.807) is 31.2 Å². The summed E-state index contributed by atoms with van der Waals surface area (Å²) in [6.45, 7) is 8.20. The first-order valence-electron chi connectivity index (χ1n) is 19.2. The van der Waals surface area contributed by atoms with E-state index in [2.05, 4.69) is 31.4 Å². The summed E-state index contributed by atoms with van der Waals surface area (Å²) in [6.07, 6.45) is 0.475. The van der Waals surface area contributed by atoms with Gasteiger partial charge in [-0.2, -0.15) is 5.06 Å². The van der Waals surface area contributed by atoms with Crippen molar-refractivity contribution in [1.82, 2.24) is 15.7 Å². The van der Waals surface area contributed by atoms with Gasteiger partial charge in [0.2, 0.25) is 5.91 Å². The number of ether oxygens (including phenoxy) is 1. The molecule has 2 bridgehead atoms. The number of fused-ring (bicyclic) bond motifs is 2. The summed E-state index contributed by atoms with van der Waals surface area (Å²) in [5.74, 6) is -0.722. The molecule has 9 atom stereocenters. The molecule has 55 heavy (non-hydrogen) atoms. The van der Waals surface area contributed by atoms with Crippen LogP contribution in [0.2, 0.25) is 0 Å². The second-order valence-electron chi connectivity index (χ2n) is 16.4. The molecular formula is C43H56N4O8. The summed E-state index contributed by atoms with van der Waals surface area (Å²) in [5.41, 5.74) is 4.05. The number of carbonyl (C=O) groups excluding carboxylic acids is 2. The Bertz CT molecular complexity index is 1870. The molecule has 1 aliphatic heterocycles. The van der Waals surface area contributed by atoms with Crippen LogP contribution in [0.25, 0.3) is 11.1 Å². The molecule has 4 fully saturated rings. The summed E-state index contributed by atoms with van der Waals surface area (Å²) < 4.78 is 6.03. The number of aliphatic hydroxyl groups is 2. The molecule has 7 rings (SSSR count). The molecule has 0 radical (unpaired) electrons. The lowest BCUT2D eigenvalue weighted by atomic mass is 9.45. The Morgan fingerprint density at radius 3 is 2.38 bits per heavy atom. The topological polar surface area (TPSA) is 161 Å². The van der Waals surface area contributed by atoms with Crippen molar-refractivity contribution in [1.29, 1.82) is 0 Å². The number of hydrogen-bond acceptors (Lipinski definition) is 9. The second kappa shape index (κ2) is 16.3. The summed E-state index contributed by atoms with van der Waals surface area (Å²) in [5, 5.41) is 38.8. The number of methoxy groups -OCH3 is 1. The first-order chi connectivity index (χ1) is 26.1. The largest absolute Gasteiger partial charge is 0.496 e. The third-order valence-electron chi connectivity index (χ3n) is 12.6. The predicted molar refractivity (Wildman–Crippen MR) is 209 cm³/mol.